The molecular weight excluding hydrogens is 495 g/mol. The Kier molecular flexibility index (Phi) is 13.4. The Balaban J connectivity index is 0.00000420. The summed E-state index contributed by atoms with van der Waals surface area (Å²) in [4.78, 5) is 8.93. The van der Waals surface area contributed by atoms with E-state index < -0.39 is 0 Å². The van der Waals surface area contributed by atoms with Gasteiger partial charge in [0.1, 0.15) is 0 Å². The lowest BCUT2D eigenvalue weighted by Crippen LogP contribution is -2.44. The van der Waals surface area contributed by atoms with Crippen LogP contribution in [0.15, 0.2) is 22.5 Å². The van der Waals surface area contributed by atoms with Gasteiger partial charge in [0.25, 0.3) is 0 Å². The van der Waals surface area contributed by atoms with Gasteiger partial charge < -0.3 is 15.7 Å². The lowest BCUT2D eigenvalue weighted by atomic mass is 9.79. The minimum absolute atomic E-state index is 0. The maximum Gasteiger partial charge on any atom is 0.191 e. The summed E-state index contributed by atoms with van der Waals surface area (Å²) < 4.78 is 0. The van der Waals surface area contributed by atoms with Crippen molar-refractivity contribution in [2.75, 3.05) is 39.3 Å². The molecule has 1 aliphatic rings. The van der Waals surface area contributed by atoms with Crippen LogP contribution in [0.2, 0.25) is 0 Å². The average Bonchev–Trinajstić information content (AvgIpc) is 3.22. The second-order valence-electron chi connectivity index (χ2n) is 8.08. The number of nitrogens with one attached hydrogen (secondary N) is 2. The molecule has 0 bridgehead atoms. The molecule has 2 heterocycles. The van der Waals surface area contributed by atoms with E-state index in [1.165, 1.54) is 24.3 Å². The van der Waals surface area contributed by atoms with Crippen molar-refractivity contribution in [2.24, 2.45) is 16.3 Å². The highest BCUT2D eigenvalue weighted by molar-refractivity contribution is 14.0. The first kappa shape index (κ1) is 26.7. The minimum atomic E-state index is 0. The number of rotatable bonds is 11. The van der Waals surface area contributed by atoms with E-state index in [1.54, 1.807) is 0 Å². The fourth-order valence-electron chi connectivity index (χ4n) is 4.06. The Labute approximate surface area is 198 Å². The molecular formula is C22H41IN4OS. The molecule has 1 aromatic heterocycles. The number of halogens is 1. The van der Waals surface area contributed by atoms with E-state index in [9.17, 15) is 5.11 Å². The highest BCUT2D eigenvalue weighted by atomic mass is 127. The van der Waals surface area contributed by atoms with Gasteiger partial charge in [-0.05, 0) is 68.4 Å². The van der Waals surface area contributed by atoms with Crippen LogP contribution in [-0.4, -0.2) is 55.3 Å². The number of hydrogen-bond donors (Lipinski definition) is 3. The van der Waals surface area contributed by atoms with Crippen molar-refractivity contribution in [2.45, 2.75) is 59.4 Å². The van der Waals surface area contributed by atoms with Crippen LogP contribution >= 0.6 is 35.3 Å². The maximum atomic E-state index is 9.44. The molecule has 1 unspecified atom stereocenters. The van der Waals surface area contributed by atoms with Crippen LogP contribution in [0.4, 0.5) is 0 Å². The number of guanidine groups is 1. The first-order valence-electron chi connectivity index (χ1n) is 11.0. The van der Waals surface area contributed by atoms with E-state index >= 15 is 0 Å². The van der Waals surface area contributed by atoms with Crippen LogP contribution in [0.3, 0.4) is 0 Å². The third-order valence-corrected chi connectivity index (χ3v) is 7.04. The lowest BCUT2D eigenvalue weighted by Gasteiger charge is -2.33. The van der Waals surface area contributed by atoms with Crippen LogP contribution in [0, 0.1) is 11.3 Å². The molecule has 1 atom stereocenters. The number of aliphatic hydroxyl groups excluding tert-OH is 1. The van der Waals surface area contributed by atoms with Crippen LogP contribution in [0.1, 0.15) is 57.8 Å². The molecule has 1 aromatic rings. The third kappa shape index (κ3) is 9.11. The number of aliphatic hydroxyl groups is 1. The van der Waals surface area contributed by atoms with Crippen molar-refractivity contribution in [1.82, 2.24) is 15.5 Å². The van der Waals surface area contributed by atoms with E-state index in [1.807, 2.05) is 11.3 Å². The molecule has 0 aliphatic carbocycles. The van der Waals surface area contributed by atoms with Gasteiger partial charge in [-0.3, -0.25) is 9.89 Å². The molecule has 1 saturated heterocycles. The van der Waals surface area contributed by atoms with Gasteiger partial charge in [-0.1, -0.05) is 19.9 Å². The van der Waals surface area contributed by atoms with Crippen LogP contribution < -0.4 is 10.6 Å². The van der Waals surface area contributed by atoms with E-state index in [0.29, 0.717) is 5.92 Å². The second-order valence-corrected chi connectivity index (χ2v) is 9.11. The fourth-order valence-corrected chi connectivity index (χ4v) is 4.80. The quantitative estimate of drug-likeness (QED) is 0.224. The summed E-state index contributed by atoms with van der Waals surface area (Å²) >= 11 is 1.86. The van der Waals surface area contributed by atoms with Gasteiger partial charge in [0, 0.05) is 44.2 Å². The zero-order valence-electron chi connectivity index (χ0n) is 18.5. The molecule has 0 aromatic carbocycles. The van der Waals surface area contributed by atoms with Gasteiger partial charge in [-0.15, -0.1) is 35.3 Å². The van der Waals surface area contributed by atoms with Crippen LogP contribution in [-0.2, 0) is 6.54 Å². The number of aliphatic imine (C=N–C) groups is 1. The van der Waals surface area contributed by atoms with Crippen LogP contribution in [0.5, 0.6) is 0 Å². The number of likely N-dealkylation sites (tertiary alicyclic amines) is 1. The highest BCUT2D eigenvalue weighted by Gasteiger charge is 2.25. The largest absolute Gasteiger partial charge is 0.396 e. The number of hydrogen-bond acceptors (Lipinski definition) is 4. The Bertz CT molecular complexity index is 563. The van der Waals surface area contributed by atoms with Gasteiger partial charge >= 0.3 is 0 Å². The molecule has 0 radical (unpaired) electrons. The van der Waals surface area contributed by atoms with E-state index in [-0.39, 0.29) is 36.0 Å². The van der Waals surface area contributed by atoms with E-state index in [4.69, 9.17) is 4.99 Å². The standard InChI is InChI=1S/C22H40N4OS.HI/c1-4-22(5-2,11-13-27)18-25-21(23-6-3)24-15-19-9-7-12-26(16-19)17-20-10-8-14-28-20;/h8,10,14,19,27H,4-7,9,11-13,15-18H2,1-3H3,(H2,23,24,25);1H. The summed E-state index contributed by atoms with van der Waals surface area (Å²) in [5, 5.41) is 18.6. The van der Waals surface area contributed by atoms with E-state index in [2.05, 4.69) is 53.8 Å². The summed E-state index contributed by atoms with van der Waals surface area (Å²) in [6, 6.07) is 4.38. The van der Waals surface area contributed by atoms with Gasteiger partial charge in [0.05, 0.1) is 0 Å². The van der Waals surface area contributed by atoms with Gasteiger partial charge in [-0.2, -0.15) is 0 Å². The first-order valence-corrected chi connectivity index (χ1v) is 11.9. The van der Waals surface area contributed by atoms with Gasteiger partial charge in [0.15, 0.2) is 5.96 Å². The maximum absolute atomic E-state index is 9.44. The van der Waals surface area contributed by atoms with Crippen molar-refractivity contribution >= 4 is 41.3 Å². The summed E-state index contributed by atoms with van der Waals surface area (Å²) in [7, 11) is 0. The average molecular weight is 537 g/mol. The Morgan fingerprint density at radius 1 is 1.31 bits per heavy atom. The van der Waals surface area contributed by atoms with Crippen molar-refractivity contribution in [3.05, 3.63) is 22.4 Å². The summed E-state index contributed by atoms with van der Waals surface area (Å²) in [6.45, 7) is 12.8. The lowest BCUT2D eigenvalue weighted by molar-refractivity contribution is 0.169. The molecule has 0 saturated carbocycles. The summed E-state index contributed by atoms with van der Waals surface area (Å²) in [5.74, 6) is 1.58. The van der Waals surface area contributed by atoms with Crippen molar-refractivity contribution < 1.29 is 5.11 Å². The smallest absolute Gasteiger partial charge is 0.191 e. The Hall–Kier alpha value is -0.380. The molecule has 1 fully saturated rings. The molecule has 1 aliphatic heterocycles. The van der Waals surface area contributed by atoms with Crippen molar-refractivity contribution in [3.8, 4) is 0 Å². The molecule has 0 spiro atoms. The number of nitrogens with zero attached hydrogens (tertiary/aromatic N) is 2. The minimum Gasteiger partial charge on any atom is -0.396 e. The Morgan fingerprint density at radius 3 is 2.72 bits per heavy atom. The van der Waals surface area contributed by atoms with Crippen LogP contribution in [0.25, 0.3) is 0 Å². The predicted octanol–water partition coefficient (Wildman–Crippen LogP) is 4.32. The molecule has 2 rings (SSSR count). The van der Waals surface area contributed by atoms with Gasteiger partial charge in [0.2, 0.25) is 0 Å². The second kappa shape index (κ2) is 14.6. The molecule has 5 nitrogen and oxygen atoms in total. The fraction of sp³-hybridized carbons (Fsp3) is 0.773. The first-order chi connectivity index (χ1) is 13.6. The zero-order chi connectivity index (χ0) is 20.2. The zero-order valence-corrected chi connectivity index (χ0v) is 21.6. The molecule has 0 amide bonds. The summed E-state index contributed by atoms with van der Waals surface area (Å²) in [5.41, 5.74) is 0.111. The molecule has 29 heavy (non-hydrogen) atoms. The molecule has 168 valence electrons. The van der Waals surface area contributed by atoms with E-state index in [0.717, 1.165) is 57.9 Å². The predicted molar refractivity (Wildman–Crippen MR) is 136 cm³/mol. The monoisotopic (exact) mass is 536 g/mol. The topological polar surface area (TPSA) is 59.9 Å². The van der Waals surface area contributed by atoms with Gasteiger partial charge in [-0.25, -0.2) is 0 Å². The summed E-state index contributed by atoms with van der Waals surface area (Å²) in [6.07, 6.45) is 5.48. The number of piperidine rings is 1. The Morgan fingerprint density at radius 2 is 2.10 bits per heavy atom. The molecule has 7 heteroatoms. The third-order valence-electron chi connectivity index (χ3n) is 6.18. The normalized spacial score (nSPS) is 18.3. The highest BCUT2D eigenvalue weighted by Crippen LogP contribution is 2.30. The SMILES string of the molecule is CCNC(=NCC(CC)(CC)CCO)NCC1CCCN(Cc2cccs2)C1.I. The molecule has 3 N–H and O–H groups in total. The number of thiophene rings is 1. The van der Waals surface area contributed by atoms with Crippen molar-refractivity contribution in [1.29, 1.82) is 0 Å². The van der Waals surface area contributed by atoms with Crippen molar-refractivity contribution in [3.63, 3.8) is 0 Å².